The lowest BCUT2D eigenvalue weighted by molar-refractivity contribution is -0.145. The molecule has 0 saturated heterocycles. The number of nitrogens with two attached hydrogens (primary N) is 1. The van der Waals surface area contributed by atoms with E-state index in [0.29, 0.717) is 12.3 Å². The van der Waals surface area contributed by atoms with Gasteiger partial charge < -0.3 is 15.8 Å². The highest BCUT2D eigenvalue weighted by atomic mass is 16.5. The Morgan fingerprint density at radius 2 is 2.06 bits per heavy atom. The third-order valence-electron chi connectivity index (χ3n) is 3.63. The second kappa shape index (κ2) is 6.73. The second-order valence-corrected chi connectivity index (χ2v) is 5.17. The number of rotatable bonds is 7. The predicted molar refractivity (Wildman–Crippen MR) is 68.7 cm³/mol. The molecule has 1 fully saturated rings. The highest BCUT2D eigenvalue weighted by molar-refractivity contribution is 5.87. The zero-order valence-electron chi connectivity index (χ0n) is 11.4. The van der Waals surface area contributed by atoms with Crippen LogP contribution in [-0.2, 0) is 14.3 Å². The molecule has 5 nitrogen and oxygen atoms in total. The molecule has 0 aliphatic heterocycles. The van der Waals surface area contributed by atoms with Gasteiger partial charge in [0.2, 0.25) is 5.91 Å². The van der Waals surface area contributed by atoms with Crippen molar-refractivity contribution in [3.8, 4) is 0 Å². The van der Waals surface area contributed by atoms with Crippen LogP contribution in [0, 0.1) is 11.8 Å². The summed E-state index contributed by atoms with van der Waals surface area (Å²) in [7, 11) is 1.34. The number of esters is 1. The Kier molecular flexibility index (Phi) is 5.59. The summed E-state index contributed by atoms with van der Waals surface area (Å²) in [5.74, 6) is -0.00885. The van der Waals surface area contributed by atoms with E-state index in [1.54, 1.807) is 0 Å². The molecule has 1 rings (SSSR count). The van der Waals surface area contributed by atoms with Crippen molar-refractivity contribution < 1.29 is 14.3 Å². The largest absolute Gasteiger partial charge is 0.467 e. The van der Waals surface area contributed by atoms with E-state index in [-0.39, 0.29) is 17.8 Å². The van der Waals surface area contributed by atoms with Gasteiger partial charge in [0.15, 0.2) is 0 Å². The van der Waals surface area contributed by atoms with Crippen LogP contribution >= 0.6 is 0 Å². The van der Waals surface area contributed by atoms with Crippen LogP contribution in [0.4, 0.5) is 0 Å². The van der Waals surface area contributed by atoms with Gasteiger partial charge in [0.05, 0.1) is 13.2 Å². The summed E-state index contributed by atoms with van der Waals surface area (Å²) in [5.41, 5.74) is 5.84. The van der Waals surface area contributed by atoms with Crippen LogP contribution in [0.5, 0.6) is 0 Å². The van der Waals surface area contributed by atoms with Gasteiger partial charge in [-0.2, -0.15) is 0 Å². The van der Waals surface area contributed by atoms with Crippen LogP contribution in [0.2, 0.25) is 0 Å². The van der Waals surface area contributed by atoms with E-state index in [2.05, 4.69) is 5.32 Å². The summed E-state index contributed by atoms with van der Waals surface area (Å²) >= 11 is 0. The van der Waals surface area contributed by atoms with E-state index in [4.69, 9.17) is 10.5 Å². The van der Waals surface area contributed by atoms with E-state index < -0.39 is 12.1 Å². The molecule has 5 heteroatoms. The molecule has 18 heavy (non-hydrogen) atoms. The number of hydrogen-bond acceptors (Lipinski definition) is 4. The normalized spacial score (nSPS) is 19.8. The van der Waals surface area contributed by atoms with Gasteiger partial charge in [0.25, 0.3) is 0 Å². The minimum Gasteiger partial charge on any atom is -0.467 e. The standard InChI is InChI=1S/C13H24N2O3/c1-4-8(2)11(14)12(16)15-10(13(17)18-3)7-9-5-6-9/h8-11H,4-7,14H2,1-3H3,(H,15,16)/t8?,10?,11-/m0/s1. The van der Waals surface area contributed by atoms with Gasteiger partial charge in [-0.25, -0.2) is 4.79 Å². The molecule has 2 unspecified atom stereocenters. The van der Waals surface area contributed by atoms with Gasteiger partial charge in [-0.15, -0.1) is 0 Å². The van der Waals surface area contributed by atoms with Crippen LogP contribution in [0.1, 0.15) is 39.5 Å². The van der Waals surface area contributed by atoms with Gasteiger partial charge in [-0.3, -0.25) is 4.79 Å². The van der Waals surface area contributed by atoms with Crippen molar-refractivity contribution in [1.29, 1.82) is 0 Å². The van der Waals surface area contributed by atoms with E-state index in [9.17, 15) is 9.59 Å². The van der Waals surface area contributed by atoms with Crippen molar-refractivity contribution in [1.82, 2.24) is 5.32 Å². The number of ether oxygens (including phenoxy) is 1. The van der Waals surface area contributed by atoms with Crippen LogP contribution in [0.15, 0.2) is 0 Å². The molecule has 3 atom stereocenters. The minimum absolute atomic E-state index is 0.101. The van der Waals surface area contributed by atoms with Gasteiger partial charge in [-0.05, 0) is 18.3 Å². The third kappa shape index (κ3) is 4.29. The highest BCUT2D eigenvalue weighted by Gasteiger charge is 2.32. The average molecular weight is 256 g/mol. The fourth-order valence-corrected chi connectivity index (χ4v) is 1.82. The smallest absolute Gasteiger partial charge is 0.328 e. The van der Waals surface area contributed by atoms with Crippen molar-refractivity contribution in [3.63, 3.8) is 0 Å². The van der Waals surface area contributed by atoms with Crippen molar-refractivity contribution in [2.45, 2.75) is 51.6 Å². The van der Waals surface area contributed by atoms with Gasteiger partial charge in [-0.1, -0.05) is 33.1 Å². The van der Waals surface area contributed by atoms with Gasteiger partial charge in [0.1, 0.15) is 6.04 Å². The highest BCUT2D eigenvalue weighted by Crippen LogP contribution is 2.33. The first-order chi connectivity index (χ1) is 8.49. The Bertz CT molecular complexity index is 303. The first-order valence-electron chi connectivity index (χ1n) is 6.63. The van der Waals surface area contributed by atoms with E-state index in [1.165, 1.54) is 7.11 Å². The number of carbonyl (C=O) groups excluding carboxylic acids is 2. The molecule has 3 N–H and O–H groups in total. The van der Waals surface area contributed by atoms with Gasteiger partial charge in [0, 0.05) is 0 Å². The molecule has 1 aliphatic carbocycles. The molecule has 0 heterocycles. The van der Waals surface area contributed by atoms with Crippen molar-refractivity contribution in [2.75, 3.05) is 7.11 Å². The van der Waals surface area contributed by atoms with Gasteiger partial charge >= 0.3 is 5.97 Å². The summed E-state index contributed by atoms with van der Waals surface area (Å²) in [5, 5.41) is 2.72. The Morgan fingerprint density at radius 1 is 1.44 bits per heavy atom. The predicted octanol–water partition coefficient (Wildman–Crippen LogP) is 0.818. The fraction of sp³-hybridized carbons (Fsp3) is 0.846. The van der Waals surface area contributed by atoms with Crippen LogP contribution in [-0.4, -0.2) is 31.1 Å². The number of amides is 1. The Balaban J connectivity index is 2.53. The number of carbonyl (C=O) groups is 2. The molecule has 1 aliphatic rings. The Morgan fingerprint density at radius 3 is 2.50 bits per heavy atom. The van der Waals surface area contributed by atoms with E-state index in [1.807, 2.05) is 13.8 Å². The lowest BCUT2D eigenvalue weighted by atomic mass is 9.99. The molecule has 0 radical (unpaired) electrons. The zero-order valence-corrected chi connectivity index (χ0v) is 11.4. The first-order valence-corrected chi connectivity index (χ1v) is 6.63. The minimum atomic E-state index is -0.568. The Labute approximate surface area is 108 Å². The zero-order chi connectivity index (χ0) is 13.7. The molecule has 0 aromatic carbocycles. The number of nitrogens with one attached hydrogen (secondary N) is 1. The molecule has 0 bridgehead atoms. The average Bonchev–Trinajstić information content (AvgIpc) is 3.18. The summed E-state index contributed by atoms with van der Waals surface area (Å²) in [6, 6.07) is -1.12. The molecule has 0 aromatic rings. The molecule has 104 valence electrons. The molecule has 0 spiro atoms. The van der Waals surface area contributed by atoms with Crippen molar-refractivity contribution in [2.24, 2.45) is 17.6 Å². The van der Waals surface area contributed by atoms with Crippen LogP contribution in [0.25, 0.3) is 0 Å². The van der Waals surface area contributed by atoms with Crippen LogP contribution < -0.4 is 11.1 Å². The second-order valence-electron chi connectivity index (χ2n) is 5.17. The molecule has 1 saturated carbocycles. The summed E-state index contributed by atoms with van der Waals surface area (Å²) in [4.78, 5) is 23.5. The molecule has 1 amide bonds. The number of methoxy groups -OCH3 is 1. The summed E-state index contributed by atoms with van der Waals surface area (Å²) < 4.78 is 4.71. The monoisotopic (exact) mass is 256 g/mol. The lowest BCUT2D eigenvalue weighted by Crippen LogP contribution is -2.51. The molecular weight excluding hydrogens is 232 g/mol. The SMILES string of the molecule is CCC(C)[C@H](N)C(=O)NC(CC1CC1)C(=O)OC. The summed E-state index contributed by atoms with van der Waals surface area (Å²) in [6.07, 6.45) is 3.74. The third-order valence-corrected chi connectivity index (χ3v) is 3.63. The maximum atomic E-state index is 11.9. The van der Waals surface area contributed by atoms with E-state index in [0.717, 1.165) is 19.3 Å². The van der Waals surface area contributed by atoms with Crippen molar-refractivity contribution in [3.05, 3.63) is 0 Å². The fourth-order valence-electron chi connectivity index (χ4n) is 1.82. The maximum absolute atomic E-state index is 11.9. The summed E-state index contributed by atoms with van der Waals surface area (Å²) in [6.45, 7) is 3.91. The van der Waals surface area contributed by atoms with Crippen molar-refractivity contribution >= 4 is 11.9 Å². The van der Waals surface area contributed by atoms with Crippen LogP contribution in [0.3, 0.4) is 0 Å². The molecule has 0 aromatic heterocycles. The molecular formula is C13H24N2O3. The lowest BCUT2D eigenvalue weighted by Gasteiger charge is -2.22. The first kappa shape index (κ1) is 15.0. The topological polar surface area (TPSA) is 81.4 Å². The van der Waals surface area contributed by atoms with E-state index >= 15 is 0 Å². The Hall–Kier alpha value is -1.10. The quantitative estimate of drug-likeness (QED) is 0.661. The number of hydrogen-bond donors (Lipinski definition) is 2. The maximum Gasteiger partial charge on any atom is 0.328 e.